The Morgan fingerprint density at radius 3 is 2.33 bits per heavy atom. The van der Waals surface area contributed by atoms with Crippen LogP contribution in [0.25, 0.3) is 0 Å². The van der Waals surface area contributed by atoms with Crippen molar-refractivity contribution in [2.45, 2.75) is 44.4 Å². The number of carbonyl (C=O) groups is 1. The van der Waals surface area contributed by atoms with E-state index in [4.69, 9.17) is 0 Å². The number of amides is 1. The van der Waals surface area contributed by atoms with Gasteiger partial charge in [0.2, 0.25) is 0 Å². The molecule has 0 aromatic heterocycles. The van der Waals surface area contributed by atoms with Crippen molar-refractivity contribution >= 4 is 6.09 Å². The Bertz CT molecular complexity index is 385. The summed E-state index contributed by atoms with van der Waals surface area (Å²) >= 11 is 0. The molecule has 0 bridgehead atoms. The highest BCUT2D eigenvalue weighted by Gasteiger charge is 2.27. The summed E-state index contributed by atoms with van der Waals surface area (Å²) in [6.07, 6.45) is 1.77. The van der Waals surface area contributed by atoms with Gasteiger partial charge in [-0.2, -0.15) is 0 Å². The molecule has 4 heteroatoms. The van der Waals surface area contributed by atoms with Crippen molar-refractivity contribution in [2.24, 2.45) is 0 Å². The Labute approximate surface area is 107 Å². The molecule has 0 radical (unpaired) electrons. The first-order valence-electron chi connectivity index (χ1n) is 6.38. The van der Waals surface area contributed by atoms with Crippen LogP contribution >= 0.6 is 0 Å². The van der Waals surface area contributed by atoms with E-state index in [9.17, 15) is 15.0 Å². The van der Waals surface area contributed by atoms with Crippen molar-refractivity contribution in [3.8, 4) is 0 Å². The zero-order valence-corrected chi connectivity index (χ0v) is 10.3. The average molecular weight is 249 g/mol. The number of hydrogen-bond acceptors (Lipinski definition) is 2. The molecule has 0 atom stereocenters. The van der Waals surface area contributed by atoms with E-state index in [1.807, 2.05) is 30.3 Å². The number of rotatable bonds is 3. The lowest BCUT2D eigenvalue weighted by Gasteiger charge is -2.33. The molecule has 2 rings (SSSR count). The number of aliphatic hydroxyl groups is 1. The predicted octanol–water partition coefficient (Wildman–Crippen LogP) is 2.47. The molecule has 4 nitrogen and oxygen atoms in total. The van der Waals surface area contributed by atoms with Gasteiger partial charge in [-0.1, -0.05) is 30.3 Å². The first-order valence-corrected chi connectivity index (χ1v) is 6.38. The molecule has 0 unspecified atom stereocenters. The van der Waals surface area contributed by atoms with E-state index in [1.165, 1.54) is 4.90 Å². The summed E-state index contributed by atoms with van der Waals surface area (Å²) in [7, 11) is 0. The number of carboxylic acid groups (broad SMARTS) is 1. The molecule has 0 aliphatic heterocycles. The van der Waals surface area contributed by atoms with Gasteiger partial charge < -0.3 is 15.1 Å². The highest BCUT2D eigenvalue weighted by atomic mass is 16.4. The van der Waals surface area contributed by atoms with Crippen molar-refractivity contribution in [1.29, 1.82) is 0 Å². The molecule has 1 amide bonds. The van der Waals surface area contributed by atoms with Crippen LogP contribution in [0.1, 0.15) is 31.2 Å². The summed E-state index contributed by atoms with van der Waals surface area (Å²) < 4.78 is 0. The highest BCUT2D eigenvalue weighted by Crippen LogP contribution is 2.24. The summed E-state index contributed by atoms with van der Waals surface area (Å²) in [4.78, 5) is 12.8. The van der Waals surface area contributed by atoms with Crippen molar-refractivity contribution in [2.75, 3.05) is 0 Å². The van der Waals surface area contributed by atoms with Crippen molar-refractivity contribution in [3.05, 3.63) is 35.9 Å². The number of aliphatic hydroxyl groups excluding tert-OH is 1. The summed E-state index contributed by atoms with van der Waals surface area (Å²) in [5, 5.41) is 18.8. The van der Waals surface area contributed by atoms with Crippen LogP contribution in [0.15, 0.2) is 30.3 Å². The standard InChI is InChI=1S/C14H19NO3/c16-13-8-6-12(7-9-13)15(14(17)18)10-11-4-2-1-3-5-11/h1-5,12-13,16H,6-10H2,(H,17,18)/t12-,13-. The lowest BCUT2D eigenvalue weighted by Crippen LogP contribution is -2.41. The maximum absolute atomic E-state index is 11.3. The van der Waals surface area contributed by atoms with Crippen molar-refractivity contribution in [1.82, 2.24) is 4.90 Å². The van der Waals surface area contributed by atoms with E-state index in [2.05, 4.69) is 0 Å². The van der Waals surface area contributed by atoms with Gasteiger partial charge in [0.05, 0.1) is 6.10 Å². The molecular weight excluding hydrogens is 230 g/mol. The molecule has 0 spiro atoms. The number of nitrogens with zero attached hydrogens (tertiary/aromatic N) is 1. The smallest absolute Gasteiger partial charge is 0.407 e. The van der Waals surface area contributed by atoms with Crippen LogP contribution in [0.4, 0.5) is 4.79 Å². The molecule has 1 aromatic carbocycles. The minimum atomic E-state index is -0.875. The Balaban J connectivity index is 2.02. The van der Waals surface area contributed by atoms with Crippen LogP contribution in [0.2, 0.25) is 0 Å². The van der Waals surface area contributed by atoms with Crippen LogP contribution in [0, 0.1) is 0 Å². The number of hydrogen-bond donors (Lipinski definition) is 2. The second kappa shape index (κ2) is 5.87. The minimum absolute atomic E-state index is 0.0334. The van der Waals surface area contributed by atoms with Gasteiger partial charge in [0.25, 0.3) is 0 Å². The third-order valence-electron chi connectivity index (χ3n) is 3.55. The van der Waals surface area contributed by atoms with E-state index in [1.54, 1.807) is 0 Å². The topological polar surface area (TPSA) is 60.8 Å². The van der Waals surface area contributed by atoms with Gasteiger partial charge in [-0.15, -0.1) is 0 Å². The third-order valence-corrected chi connectivity index (χ3v) is 3.55. The molecular formula is C14H19NO3. The second-order valence-electron chi connectivity index (χ2n) is 4.86. The fourth-order valence-electron chi connectivity index (χ4n) is 2.50. The summed E-state index contributed by atoms with van der Waals surface area (Å²) in [6, 6.07) is 9.67. The molecule has 0 saturated heterocycles. The van der Waals surface area contributed by atoms with Gasteiger partial charge in [0, 0.05) is 12.6 Å². The maximum atomic E-state index is 11.3. The Morgan fingerprint density at radius 1 is 1.17 bits per heavy atom. The summed E-state index contributed by atoms with van der Waals surface area (Å²) in [5.41, 5.74) is 1.01. The monoisotopic (exact) mass is 249 g/mol. The van der Waals surface area contributed by atoms with E-state index in [0.29, 0.717) is 19.4 Å². The third kappa shape index (κ3) is 3.23. The first-order chi connectivity index (χ1) is 8.66. The van der Waals surface area contributed by atoms with Crippen LogP contribution in [-0.4, -0.2) is 33.4 Å². The lowest BCUT2D eigenvalue weighted by atomic mass is 9.92. The zero-order valence-electron chi connectivity index (χ0n) is 10.3. The molecule has 0 heterocycles. The molecule has 1 fully saturated rings. The molecule has 1 aromatic rings. The van der Waals surface area contributed by atoms with E-state index >= 15 is 0 Å². The van der Waals surface area contributed by atoms with Crippen LogP contribution in [-0.2, 0) is 6.54 Å². The van der Waals surface area contributed by atoms with E-state index in [0.717, 1.165) is 18.4 Å². The Morgan fingerprint density at radius 2 is 1.78 bits per heavy atom. The Kier molecular flexibility index (Phi) is 4.20. The maximum Gasteiger partial charge on any atom is 0.407 e. The first kappa shape index (κ1) is 12.9. The lowest BCUT2D eigenvalue weighted by molar-refractivity contribution is 0.0659. The molecule has 1 aliphatic rings. The number of benzene rings is 1. The van der Waals surface area contributed by atoms with Gasteiger partial charge in [-0.25, -0.2) is 4.79 Å². The fraction of sp³-hybridized carbons (Fsp3) is 0.500. The van der Waals surface area contributed by atoms with Crippen LogP contribution in [0.5, 0.6) is 0 Å². The largest absolute Gasteiger partial charge is 0.465 e. The van der Waals surface area contributed by atoms with E-state index < -0.39 is 6.09 Å². The van der Waals surface area contributed by atoms with Gasteiger partial charge in [-0.05, 0) is 31.2 Å². The quantitative estimate of drug-likeness (QED) is 0.865. The average Bonchev–Trinajstić information content (AvgIpc) is 2.38. The molecule has 1 saturated carbocycles. The Hall–Kier alpha value is -1.55. The van der Waals surface area contributed by atoms with Gasteiger partial charge in [0.15, 0.2) is 0 Å². The van der Waals surface area contributed by atoms with E-state index in [-0.39, 0.29) is 12.1 Å². The van der Waals surface area contributed by atoms with Crippen LogP contribution in [0.3, 0.4) is 0 Å². The molecule has 1 aliphatic carbocycles. The molecule has 98 valence electrons. The summed E-state index contributed by atoms with van der Waals surface area (Å²) in [6.45, 7) is 0.428. The van der Waals surface area contributed by atoms with Crippen molar-refractivity contribution in [3.63, 3.8) is 0 Å². The summed E-state index contributed by atoms with van der Waals surface area (Å²) in [5.74, 6) is 0. The predicted molar refractivity (Wildman–Crippen MR) is 68.3 cm³/mol. The minimum Gasteiger partial charge on any atom is -0.465 e. The molecule has 18 heavy (non-hydrogen) atoms. The normalized spacial score (nSPS) is 23.6. The van der Waals surface area contributed by atoms with Crippen molar-refractivity contribution < 1.29 is 15.0 Å². The second-order valence-corrected chi connectivity index (χ2v) is 4.86. The highest BCUT2D eigenvalue weighted by molar-refractivity contribution is 5.65. The van der Waals surface area contributed by atoms with Crippen LogP contribution < -0.4 is 0 Å². The van der Waals surface area contributed by atoms with Gasteiger partial charge >= 0.3 is 6.09 Å². The van der Waals surface area contributed by atoms with Gasteiger partial charge in [-0.3, -0.25) is 0 Å². The zero-order chi connectivity index (χ0) is 13.0. The molecule has 2 N–H and O–H groups in total. The fourth-order valence-corrected chi connectivity index (χ4v) is 2.50. The SMILES string of the molecule is O=C(O)N(Cc1ccccc1)[C@H]1CC[C@H](O)CC1. The van der Waals surface area contributed by atoms with Gasteiger partial charge in [0.1, 0.15) is 0 Å².